The van der Waals surface area contributed by atoms with E-state index in [0.29, 0.717) is 6.04 Å². The maximum Gasteiger partial charge on any atom is 0.134 e. The van der Waals surface area contributed by atoms with Gasteiger partial charge in [-0.2, -0.15) is 0 Å². The molecule has 0 aromatic carbocycles. The van der Waals surface area contributed by atoms with E-state index in [-0.39, 0.29) is 6.61 Å². The van der Waals surface area contributed by atoms with E-state index in [0.717, 1.165) is 36.5 Å². The number of rotatable bonds is 7. The number of hydrogen-bond donors (Lipinski definition) is 3. The third kappa shape index (κ3) is 3.85. The molecule has 1 atom stereocenters. The number of nitrogens with zero attached hydrogens (tertiary/aromatic N) is 2. The summed E-state index contributed by atoms with van der Waals surface area (Å²) in [7, 11) is 1.86. The van der Waals surface area contributed by atoms with Crippen molar-refractivity contribution in [3.05, 3.63) is 11.9 Å². The third-order valence-corrected chi connectivity index (χ3v) is 2.71. The smallest absolute Gasteiger partial charge is 0.134 e. The van der Waals surface area contributed by atoms with Crippen molar-refractivity contribution >= 4 is 11.6 Å². The van der Waals surface area contributed by atoms with Crippen molar-refractivity contribution in [1.29, 1.82) is 0 Å². The van der Waals surface area contributed by atoms with Crippen LogP contribution in [0.2, 0.25) is 0 Å². The summed E-state index contributed by atoms with van der Waals surface area (Å²) in [5.74, 6) is 1.76. The van der Waals surface area contributed by atoms with E-state index in [9.17, 15) is 0 Å². The van der Waals surface area contributed by atoms with Gasteiger partial charge in [-0.25, -0.2) is 9.97 Å². The molecule has 5 heteroatoms. The van der Waals surface area contributed by atoms with E-state index in [1.165, 1.54) is 0 Å². The monoisotopic (exact) mass is 238 g/mol. The largest absolute Gasteiger partial charge is 0.396 e. The fourth-order valence-corrected chi connectivity index (χ4v) is 1.79. The van der Waals surface area contributed by atoms with Gasteiger partial charge >= 0.3 is 0 Å². The molecule has 0 aliphatic rings. The molecule has 1 aromatic rings. The Balaban J connectivity index is 2.75. The lowest BCUT2D eigenvalue weighted by Gasteiger charge is -2.17. The first-order chi connectivity index (χ1) is 8.22. The molecular weight excluding hydrogens is 216 g/mol. The summed E-state index contributed by atoms with van der Waals surface area (Å²) in [5.41, 5.74) is 1.10. The summed E-state index contributed by atoms with van der Waals surface area (Å²) < 4.78 is 0. The molecule has 0 aliphatic carbocycles. The Kier molecular flexibility index (Phi) is 5.69. The molecule has 3 N–H and O–H groups in total. The molecule has 0 amide bonds. The number of aliphatic hydroxyl groups is 1. The van der Waals surface area contributed by atoms with Crippen molar-refractivity contribution < 1.29 is 5.11 Å². The topological polar surface area (TPSA) is 70.1 Å². The average Bonchev–Trinajstić information content (AvgIpc) is 2.35. The van der Waals surface area contributed by atoms with Gasteiger partial charge in [-0.1, -0.05) is 6.92 Å². The Morgan fingerprint density at radius 2 is 2.06 bits per heavy atom. The average molecular weight is 238 g/mol. The Morgan fingerprint density at radius 1 is 1.35 bits per heavy atom. The van der Waals surface area contributed by atoms with E-state index < -0.39 is 0 Å². The van der Waals surface area contributed by atoms with Crippen LogP contribution in [0.3, 0.4) is 0 Å². The highest BCUT2D eigenvalue weighted by molar-refractivity contribution is 5.57. The molecule has 0 radical (unpaired) electrons. The van der Waals surface area contributed by atoms with Crippen LogP contribution in [0.15, 0.2) is 6.33 Å². The minimum Gasteiger partial charge on any atom is -0.396 e. The Morgan fingerprint density at radius 3 is 2.65 bits per heavy atom. The highest BCUT2D eigenvalue weighted by atomic mass is 16.2. The van der Waals surface area contributed by atoms with Crippen molar-refractivity contribution in [2.75, 3.05) is 24.3 Å². The van der Waals surface area contributed by atoms with Gasteiger partial charge in [0.05, 0.1) is 0 Å². The van der Waals surface area contributed by atoms with Crippen LogP contribution in [-0.2, 0) is 6.42 Å². The van der Waals surface area contributed by atoms with E-state index in [4.69, 9.17) is 5.11 Å². The van der Waals surface area contributed by atoms with Crippen LogP contribution in [0.25, 0.3) is 0 Å². The lowest BCUT2D eigenvalue weighted by molar-refractivity contribution is 0.282. The third-order valence-electron chi connectivity index (χ3n) is 2.71. The molecule has 1 aromatic heterocycles. The molecule has 96 valence electrons. The second-order valence-electron chi connectivity index (χ2n) is 4.06. The number of aliphatic hydroxyl groups excluding tert-OH is 1. The molecule has 1 unspecified atom stereocenters. The Hall–Kier alpha value is -1.36. The van der Waals surface area contributed by atoms with Crippen LogP contribution in [0, 0.1) is 0 Å². The van der Waals surface area contributed by atoms with Crippen molar-refractivity contribution in [2.45, 2.75) is 39.2 Å². The molecule has 1 heterocycles. The first-order valence-electron chi connectivity index (χ1n) is 6.11. The second kappa shape index (κ2) is 7.06. The quantitative estimate of drug-likeness (QED) is 0.674. The zero-order valence-corrected chi connectivity index (χ0v) is 10.8. The normalized spacial score (nSPS) is 12.2. The van der Waals surface area contributed by atoms with Gasteiger partial charge in [0.15, 0.2) is 0 Å². The van der Waals surface area contributed by atoms with Crippen molar-refractivity contribution in [3.8, 4) is 0 Å². The van der Waals surface area contributed by atoms with Crippen LogP contribution >= 0.6 is 0 Å². The molecular formula is C12H22N4O. The summed E-state index contributed by atoms with van der Waals surface area (Å²) in [6.07, 6.45) is 4.18. The highest BCUT2D eigenvalue weighted by Crippen LogP contribution is 2.21. The second-order valence-corrected chi connectivity index (χ2v) is 4.06. The summed E-state index contributed by atoms with van der Waals surface area (Å²) in [6.45, 7) is 4.41. The number of aromatic nitrogens is 2. The van der Waals surface area contributed by atoms with E-state index in [1.54, 1.807) is 6.33 Å². The predicted octanol–water partition coefficient (Wildman–Crippen LogP) is 1.65. The fourth-order valence-electron chi connectivity index (χ4n) is 1.79. The zero-order valence-electron chi connectivity index (χ0n) is 10.8. The van der Waals surface area contributed by atoms with E-state index in [1.807, 2.05) is 7.05 Å². The molecule has 0 aliphatic heterocycles. The molecule has 0 spiro atoms. The van der Waals surface area contributed by atoms with Gasteiger partial charge in [-0.15, -0.1) is 0 Å². The predicted molar refractivity (Wildman–Crippen MR) is 70.4 cm³/mol. The Labute approximate surface area is 103 Å². The van der Waals surface area contributed by atoms with Crippen molar-refractivity contribution in [2.24, 2.45) is 0 Å². The van der Waals surface area contributed by atoms with Gasteiger partial charge in [0, 0.05) is 25.3 Å². The van der Waals surface area contributed by atoms with Gasteiger partial charge in [-0.3, -0.25) is 0 Å². The molecule has 0 saturated heterocycles. The van der Waals surface area contributed by atoms with Gasteiger partial charge in [0.25, 0.3) is 0 Å². The van der Waals surface area contributed by atoms with Crippen molar-refractivity contribution in [3.63, 3.8) is 0 Å². The van der Waals surface area contributed by atoms with Crippen LogP contribution in [0.1, 0.15) is 32.3 Å². The van der Waals surface area contributed by atoms with Gasteiger partial charge in [-0.05, 0) is 26.2 Å². The summed E-state index contributed by atoms with van der Waals surface area (Å²) in [6, 6.07) is 0.298. The number of hydrogen-bond acceptors (Lipinski definition) is 5. The molecule has 1 rings (SSSR count). The standard InChI is InChI=1S/C12H22N4O/c1-4-10-11(13-3)14-8-15-12(10)16-9(2)6-5-7-17/h8-9,17H,4-7H2,1-3H3,(H2,13,14,15,16). The maximum atomic E-state index is 8.80. The van der Waals surface area contributed by atoms with E-state index >= 15 is 0 Å². The van der Waals surface area contributed by atoms with Gasteiger partial charge < -0.3 is 15.7 Å². The lowest BCUT2D eigenvalue weighted by atomic mass is 10.1. The van der Waals surface area contributed by atoms with Gasteiger partial charge in [0.2, 0.25) is 0 Å². The van der Waals surface area contributed by atoms with Crippen molar-refractivity contribution in [1.82, 2.24) is 9.97 Å². The van der Waals surface area contributed by atoms with E-state index in [2.05, 4.69) is 34.4 Å². The summed E-state index contributed by atoms with van der Waals surface area (Å²) in [5, 5.41) is 15.2. The van der Waals surface area contributed by atoms with Crippen LogP contribution in [0.5, 0.6) is 0 Å². The fraction of sp³-hybridized carbons (Fsp3) is 0.667. The molecule has 5 nitrogen and oxygen atoms in total. The van der Waals surface area contributed by atoms with Crippen LogP contribution in [0.4, 0.5) is 11.6 Å². The Bertz CT molecular complexity index is 343. The zero-order chi connectivity index (χ0) is 12.7. The van der Waals surface area contributed by atoms with Gasteiger partial charge in [0.1, 0.15) is 18.0 Å². The summed E-state index contributed by atoms with van der Waals surface area (Å²) >= 11 is 0. The van der Waals surface area contributed by atoms with Crippen LogP contribution < -0.4 is 10.6 Å². The highest BCUT2D eigenvalue weighted by Gasteiger charge is 2.10. The molecule has 0 saturated carbocycles. The summed E-state index contributed by atoms with van der Waals surface area (Å²) in [4.78, 5) is 8.48. The molecule has 0 bridgehead atoms. The maximum absolute atomic E-state index is 8.80. The lowest BCUT2D eigenvalue weighted by Crippen LogP contribution is -2.18. The molecule has 17 heavy (non-hydrogen) atoms. The minimum absolute atomic E-state index is 0.234. The first kappa shape index (κ1) is 13.7. The number of nitrogens with one attached hydrogen (secondary N) is 2. The van der Waals surface area contributed by atoms with Crippen LogP contribution in [-0.4, -0.2) is 34.8 Å². The number of anilines is 2. The minimum atomic E-state index is 0.234. The SMILES string of the molecule is CCc1c(NC)ncnc1NC(C)CCCO. The first-order valence-corrected chi connectivity index (χ1v) is 6.11. The molecule has 0 fully saturated rings.